The lowest BCUT2D eigenvalue weighted by Crippen LogP contribution is -2.43. The minimum Gasteiger partial charge on any atom is -0.442 e. The van der Waals surface area contributed by atoms with E-state index in [9.17, 15) is 14.4 Å². The first-order valence-electron chi connectivity index (χ1n) is 21.9. The Morgan fingerprint density at radius 3 is 1.73 bits per heavy atom. The third kappa shape index (κ3) is 9.20. The molecule has 62 heavy (non-hydrogen) atoms. The summed E-state index contributed by atoms with van der Waals surface area (Å²) < 4.78 is 5.55. The molecule has 320 valence electrons. The number of nitrogens with one attached hydrogen (secondary N) is 2. The fraction of sp³-hybridized carbons (Fsp3) is 0.340. The molecule has 2 aliphatic heterocycles. The monoisotopic (exact) mass is 832 g/mol. The molecule has 0 unspecified atom stereocenters. The molecule has 4 heterocycles. The minimum atomic E-state index is -1.09. The number of amides is 3. The van der Waals surface area contributed by atoms with Gasteiger partial charge in [0, 0.05) is 19.5 Å². The van der Waals surface area contributed by atoms with E-state index in [1.54, 1.807) is 6.92 Å². The first-order chi connectivity index (χ1) is 30.1. The molecule has 12 heteroatoms. The molecule has 0 aliphatic carbocycles. The molecule has 6 aromatic rings. The van der Waals surface area contributed by atoms with E-state index < -0.39 is 11.7 Å². The van der Waals surface area contributed by atoms with Gasteiger partial charge in [0.25, 0.3) is 0 Å². The molecule has 0 spiro atoms. The highest BCUT2D eigenvalue weighted by Gasteiger charge is 2.39. The summed E-state index contributed by atoms with van der Waals surface area (Å²) in [6.07, 6.45) is 6.61. The van der Waals surface area contributed by atoms with Gasteiger partial charge in [0.15, 0.2) is 0 Å². The molecule has 4 atom stereocenters. The molecule has 12 nitrogen and oxygen atoms in total. The van der Waals surface area contributed by atoms with Crippen molar-refractivity contribution in [3.8, 4) is 33.6 Å². The predicted octanol–water partition coefficient (Wildman–Crippen LogP) is 9.03. The smallest absolute Gasteiger partial charge is 0.405 e. The molecule has 2 saturated heterocycles. The Morgan fingerprint density at radius 1 is 0.726 bits per heavy atom. The molecule has 2 aliphatic rings. The maximum Gasteiger partial charge on any atom is 0.405 e. The molecule has 4 aromatic carbocycles. The van der Waals surface area contributed by atoms with E-state index in [-0.39, 0.29) is 36.4 Å². The molecular formula is C50H56N8O4. The van der Waals surface area contributed by atoms with Crippen LogP contribution in [0.2, 0.25) is 0 Å². The zero-order valence-corrected chi connectivity index (χ0v) is 35.8. The summed E-state index contributed by atoms with van der Waals surface area (Å²) >= 11 is 0. The van der Waals surface area contributed by atoms with E-state index >= 15 is 0 Å². The molecule has 2 aromatic heterocycles. The van der Waals surface area contributed by atoms with Gasteiger partial charge < -0.3 is 30.2 Å². The number of nitrogens with zero attached hydrogens (tertiary/aromatic N) is 5. The lowest BCUT2D eigenvalue weighted by Gasteiger charge is -2.34. The number of carbonyl (C=O) groups is 3. The number of likely N-dealkylation sites (N-methyl/N-ethyl adjacent to an activating group) is 1. The third-order valence-electron chi connectivity index (χ3n) is 12.5. The number of benzene rings is 4. The van der Waals surface area contributed by atoms with Crippen LogP contribution in [0.25, 0.3) is 33.6 Å². The molecule has 0 saturated carbocycles. The van der Waals surface area contributed by atoms with E-state index in [1.165, 1.54) is 0 Å². The number of H-pyrrole nitrogens is 2. The van der Waals surface area contributed by atoms with Crippen LogP contribution in [0.15, 0.2) is 122 Å². The van der Waals surface area contributed by atoms with Crippen molar-refractivity contribution in [1.29, 1.82) is 0 Å². The standard InChI is InChI=1S/C50H56N8O4/c1-4-56(5-2)45(39-16-10-7-11-17-39)48(60)58-29-13-19-43(58)47-53-33-41(55-47)38-26-22-36(23-27-38)35-20-24-37(25-21-35)40-32-52-46(54-40)42-18-12-28-57(42)44(59)31-50(3,62-49(51)61)30-34-14-8-6-9-15-34/h6-11,14-17,20-27,32-33,42-43,45H,4-5,12-13,18-19,28-31H2,1-3H3,(H2,51,61)(H,52,54)(H,53,55)/t42-,43-,45+,50+/m0/s1. The van der Waals surface area contributed by atoms with Gasteiger partial charge in [-0.3, -0.25) is 14.5 Å². The van der Waals surface area contributed by atoms with Gasteiger partial charge in [-0.25, -0.2) is 14.8 Å². The minimum absolute atomic E-state index is 0.00892. The van der Waals surface area contributed by atoms with Crippen LogP contribution in [0.5, 0.6) is 0 Å². The first-order valence-corrected chi connectivity index (χ1v) is 21.9. The van der Waals surface area contributed by atoms with Crippen LogP contribution in [-0.2, 0) is 20.7 Å². The second-order valence-electron chi connectivity index (χ2n) is 16.7. The number of ether oxygens (including phenoxy) is 1. The number of likely N-dealkylation sites (tertiary alicyclic amines) is 2. The Bertz CT molecular complexity index is 2450. The normalized spacial score (nSPS) is 17.9. The average molecular weight is 833 g/mol. The highest BCUT2D eigenvalue weighted by atomic mass is 16.6. The highest BCUT2D eigenvalue weighted by molar-refractivity contribution is 5.84. The molecule has 2 fully saturated rings. The van der Waals surface area contributed by atoms with Gasteiger partial charge in [-0.15, -0.1) is 0 Å². The maximum absolute atomic E-state index is 14.2. The van der Waals surface area contributed by atoms with Crippen molar-refractivity contribution < 1.29 is 19.1 Å². The fourth-order valence-corrected chi connectivity index (χ4v) is 9.37. The van der Waals surface area contributed by atoms with Gasteiger partial charge in [-0.1, -0.05) is 123 Å². The van der Waals surface area contributed by atoms with Crippen LogP contribution in [0, 0.1) is 0 Å². The molecule has 0 bridgehead atoms. The summed E-state index contributed by atoms with van der Waals surface area (Å²) in [5.74, 6) is 1.58. The lowest BCUT2D eigenvalue weighted by molar-refractivity contribution is -0.138. The molecule has 4 N–H and O–H groups in total. The first kappa shape index (κ1) is 42.2. The van der Waals surface area contributed by atoms with Crippen LogP contribution in [-0.4, -0.2) is 84.3 Å². The van der Waals surface area contributed by atoms with Crippen molar-refractivity contribution in [2.24, 2.45) is 5.73 Å². The number of carbonyl (C=O) groups excluding carboxylic acids is 3. The second-order valence-corrected chi connectivity index (χ2v) is 16.7. The number of imidazole rings is 2. The Kier molecular flexibility index (Phi) is 12.7. The van der Waals surface area contributed by atoms with E-state index in [4.69, 9.17) is 20.4 Å². The average Bonchev–Trinajstić information content (AvgIpc) is 4.13. The van der Waals surface area contributed by atoms with Crippen LogP contribution in [0.4, 0.5) is 4.79 Å². The zero-order chi connectivity index (χ0) is 43.2. The number of aromatic amines is 2. The van der Waals surface area contributed by atoms with Crippen LogP contribution < -0.4 is 5.73 Å². The van der Waals surface area contributed by atoms with Gasteiger partial charge in [0.05, 0.1) is 42.3 Å². The molecule has 0 radical (unpaired) electrons. The van der Waals surface area contributed by atoms with E-state index in [0.717, 1.165) is 95.2 Å². The molecule has 8 rings (SSSR count). The molecule has 3 amide bonds. The van der Waals surface area contributed by atoms with Crippen LogP contribution >= 0.6 is 0 Å². The number of rotatable bonds is 15. The lowest BCUT2D eigenvalue weighted by atomic mass is 9.92. The van der Waals surface area contributed by atoms with Crippen LogP contribution in [0.3, 0.4) is 0 Å². The number of aromatic nitrogens is 4. The van der Waals surface area contributed by atoms with Gasteiger partial charge in [-0.2, -0.15) is 0 Å². The quantitative estimate of drug-likeness (QED) is 0.0934. The predicted molar refractivity (Wildman–Crippen MR) is 240 cm³/mol. The van der Waals surface area contributed by atoms with Crippen molar-refractivity contribution in [2.45, 2.75) is 83.0 Å². The number of hydrogen-bond donors (Lipinski definition) is 3. The SMILES string of the molecule is CCN(CC)[C@@H](C(=O)N1CCC[C@H]1c1ncc(-c2ccc(-c3ccc(-c4cnc([C@@H]5CCCN5C(=O)C[C@@](C)(Cc5ccccc5)OC(N)=O)[nH]4)cc3)cc2)[nH]1)c1ccccc1. The number of hydrogen-bond acceptors (Lipinski definition) is 7. The summed E-state index contributed by atoms with van der Waals surface area (Å²) in [5, 5.41) is 0. The van der Waals surface area contributed by atoms with Crippen molar-refractivity contribution in [3.63, 3.8) is 0 Å². The van der Waals surface area contributed by atoms with Crippen molar-refractivity contribution in [2.75, 3.05) is 26.2 Å². The van der Waals surface area contributed by atoms with Gasteiger partial charge >= 0.3 is 6.09 Å². The summed E-state index contributed by atoms with van der Waals surface area (Å²) in [4.78, 5) is 62.6. The van der Waals surface area contributed by atoms with E-state index in [1.807, 2.05) is 70.7 Å². The van der Waals surface area contributed by atoms with Gasteiger partial charge in [0.2, 0.25) is 11.8 Å². The zero-order valence-electron chi connectivity index (χ0n) is 35.8. The number of primary amides is 1. The van der Waals surface area contributed by atoms with Crippen molar-refractivity contribution in [1.82, 2.24) is 34.6 Å². The Balaban J connectivity index is 0.913. The summed E-state index contributed by atoms with van der Waals surface area (Å²) in [7, 11) is 0. The van der Waals surface area contributed by atoms with Gasteiger partial charge in [-0.05, 0) is 79.1 Å². The third-order valence-corrected chi connectivity index (χ3v) is 12.5. The summed E-state index contributed by atoms with van der Waals surface area (Å²) in [6.45, 7) is 8.87. The largest absolute Gasteiger partial charge is 0.442 e. The Labute approximate surface area is 363 Å². The van der Waals surface area contributed by atoms with Gasteiger partial charge in [0.1, 0.15) is 23.3 Å². The fourth-order valence-electron chi connectivity index (χ4n) is 9.37. The Hall–Kier alpha value is -6.53. The highest BCUT2D eigenvalue weighted by Crippen LogP contribution is 2.37. The van der Waals surface area contributed by atoms with Crippen molar-refractivity contribution >= 4 is 17.9 Å². The topological polar surface area (TPSA) is 154 Å². The van der Waals surface area contributed by atoms with Crippen molar-refractivity contribution in [3.05, 3.63) is 144 Å². The maximum atomic E-state index is 14.2. The van der Waals surface area contributed by atoms with E-state index in [0.29, 0.717) is 19.5 Å². The number of nitrogens with two attached hydrogens (primary N) is 1. The van der Waals surface area contributed by atoms with E-state index in [2.05, 4.69) is 89.4 Å². The Morgan fingerprint density at radius 2 is 1.21 bits per heavy atom. The molecular weight excluding hydrogens is 777 g/mol. The second kappa shape index (κ2) is 18.6. The summed E-state index contributed by atoms with van der Waals surface area (Å²) in [5.41, 5.74) is 12.3. The van der Waals surface area contributed by atoms with Crippen LogP contribution in [0.1, 0.15) is 93.8 Å². The summed E-state index contributed by atoms with van der Waals surface area (Å²) in [6, 6.07) is 35.9.